The van der Waals surface area contributed by atoms with Gasteiger partial charge in [0.15, 0.2) is 0 Å². The third-order valence-electron chi connectivity index (χ3n) is 2.11. The van der Waals surface area contributed by atoms with E-state index in [0.29, 0.717) is 11.3 Å². The lowest BCUT2D eigenvalue weighted by molar-refractivity contribution is -0.385. The molecule has 0 amide bonds. The Balaban J connectivity index is 3.34. The zero-order chi connectivity index (χ0) is 10.7. The lowest BCUT2D eigenvalue weighted by Gasteiger charge is -2.06. The van der Waals surface area contributed by atoms with Gasteiger partial charge in [-0.2, -0.15) is 0 Å². The van der Waals surface area contributed by atoms with Crippen LogP contribution in [0.25, 0.3) is 0 Å². The Labute approximate surface area is 81.6 Å². The molecule has 1 aromatic rings. The van der Waals surface area contributed by atoms with E-state index in [4.69, 9.17) is 10.5 Å². The van der Waals surface area contributed by atoms with E-state index in [0.717, 1.165) is 5.56 Å². The maximum atomic E-state index is 10.7. The second-order valence-electron chi connectivity index (χ2n) is 2.89. The number of nitro benzene ring substituents is 1. The summed E-state index contributed by atoms with van der Waals surface area (Å²) in [6.07, 6.45) is 0. The van der Waals surface area contributed by atoms with Gasteiger partial charge in [0.25, 0.3) is 5.69 Å². The first-order valence-electron chi connectivity index (χ1n) is 4.12. The van der Waals surface area contributed by atoms with Crippen molar-refractivity contribution in [3.8, 4) is 5.75 Å². The van der Waals surface area contributed by atoms with Crippen LogP contribution in [0.2, 0.25) is 0 Å². The molecule has 0 aliphatic heterocycles. The summed E-state index contributed by atoms with van der Waals surface area (Å²) in [5.74, 6) is 0.461. The topological polar surface area (TPSA) is 78.4 Å². The summed E-state index contributed by atoms with van der Waals surface area (Å²) in [7, 11) is 1.47. The zero-order valence-electron chi connectivity index (χ0n) is 8.11. The molecule has 0 unspecified atom stereocenters. The molecule has 76 valence electrons. The third-order valence-corrected chi connectivity index (χ3v) is 2.11. The van der Waals surface area contributed by atoms with Crippen molar-refractivity contribution in [2.75, 3.05) is 7.11 Å². The van der Waals surface area contributed by atoms with Crippen molar-refractivity contribution < 1.29 is 9.66 Å². The highest BCUT2D eigenvalue weighted by Crippen LogP contribution is 2.27. The normalized spacial score (nSPS) is 9.93. The van der Waals surface area contributed by atoms with Gasteiger partial charge in [-0.15, -0.1) is 0 Å². The SMILES string of the molecule is COc1cc(CN)c(C)c([N+](=O)[O-])c1. The first-order chi connectivity index (χ1) is 6.60. The van der Waals surface area contributed by atoms with Crippen LogP contribution in [0.1, 0.15) is 11.1 Å². The van der Waals surface area contributed by atoms with Crippen LogP contribution in [0.4, 0.5) is 5.69 Å². The maximum absolute atomic E-state index is 10.7. The van der Waals surface area contributed by atoms with E-state index in [2.05, 4.69) is 0 Å². The Hall–Kier alpha value is -1.62. The van der Waals surface area contributed by atoms with Gasteiger partial charge in [0.05, 0.1) is 18.1 Å². The Morgan fingerprint density at radius 1 is 1.57 bits per heavy atom. The van der Waals surface area contributed by atoms with Crippen LogP contribution in [-0.4, -0.2) is 12.0 Å². The van der Waals surface area contributed by atoms with Gasteiger partial charge in [-0.25, -0.2) is 0 Å². The Bertz CT molecular complexity index is 363. The number of ether oxygens (including phenoxy) is 1. The fourth-order valence-corrected chi connectivity index (χ4v) is 1.25. The van der Waals surface area contributed by atoms with Crippen molar-refractivity contribution in [3.05, 3.63) is 33.4 Å². The smallest absolute Gasteiger partial charge is 0.276 e. The summed E-state index contributed by atoms with van der Waals surface area (Å²) in [6.45, 7) is 1.95. The minimum absolute atomic E-state index is 0.0461. The summed E-state index contributed by atoms with van der Waals surface area (Å²) in [6, 6.07) is 3.11. The van der Waals surface area contributed by atoms with Crippen LogP contribution in [0.3, 0.4) is 0 Å². The highest BCUT2D eigenvalue weighted by molar-refractivity contribution is 5.50. The van der Waals surface area contributed by atoms with E-state index in [1.54, 1.807) is 13.0 Å². The maximum Gasteiger partial charge on any atom is 0.276 e. The molecule has 0 spiro atoms. The van der Waals surface area contributed by atoms with Crippen LogP contribution in [0.15, 0.2) is 12.1 Å². The van der Waals surface area contributed by atoms with Crippen molar-refractivity contribution in [1.29, 1.82) is 0 Å². The van der Waals surface area contributed by atoms with Crippen molar-refractivity contribution in [1.82, 2.24) is 0 Å². The summed E-state index contributed by atoms with van der Waals surface area (Å²) < 4.78 is 4.94. The molecule has 0 aliphatic rings. The number of nitrogens with zero attached hydrogens (tertiary/aromatic N) is 1. The molecular weight excluding hydrogens is 184 g/mol. The molecule has 1 rings (SSSR count). The molecular formula is C9H12N2O3. The molecule has 0 saturated carbocycles. The predicted octanol–water partition coefficient (Wildman–Crippen LogP) is 1.37. The Kier molecular flexibility index (Phi) is 3.03. The van der Waals surface area contributed by atoms with Gasteiger partial charge in [0.1, 0.15) is 5.75 Å². The highest BCUT2D eigenvalue weighted by Gasteiger charge is 2.15. The number of rotatable bonds is 3. The van der Waals surface area contributed by atoms with Crippen LogP contribution in [0, 0.1) is 17.0 Å². The number of hydrogen-bond acceptors (Lipinski definition) is 4. The van der Waals surface area contributed by atoms with E-state index in [1.165, 1.54) is 13.2 Å². The third kappa shape index (κ3) is 1.82. The predicted molar refractivity (Wildman–Crippen MR) is 52.3 cm³/mol. The van der Waals surface area contributed by atoms with Crippen molar-refractivity contribution in [2.45, 2.75) is 13.5 Å². The minimum atomic E-state index is -0.434. The minimum Gasteiger partial charge on any atom is -0.496 e. The molecule has 0 heterocycles. The average molecular weight is 196 g/mol. The molecule has 0 aliphatic carbocycles. The van der Waals surface area contributed by atoms with E-state index in [9.17, 15) is 10.1 Å². The van der Waals surface area contributed by atoms with E-state index in [1.807, 2.05) is 0 Å². The van der Waals surface area contributed by atoms with Crippen LogP contribution < -0.4 is 10.5 Å². The number of hydrogen-bond donors (Lipinski definition) is 1. The van der Waals surface area contributed by atoms with Gasteiger partial charge in [-0.1, -0.05) is 0 Å². The van der Waals surface area contributed by atoms with E-state index < -0.39 is 4.92 Å². The molecule has 2 N–H and O–H groups in total. The van der Waals surface area contributed by atoms with Crippen LogP contribution >= 0.6 is 0 Å². The first kappa shape index (κ1) is 10.5. The summed E-state index contributed by atoms with van der Waals surface area (Å²) in [4.78, 5) is 10.2. The average Bonchev–Trinajstić information content (AvgIpc) is 2.17. The summed E-state index contributed by atoms with van der Waals surface area (Å²) in [5, 5.41) is 10.7. The molecule has 5 heteroatoms. The van der Waals surface area contributed by atoms with Gasteiger partial charge >= 0.3 is 0 Å². The largest absolute Gasteiger partial charge is 0.496 e. The monoisotopic (exact) mass is 196 g/mol. The standard InChI is InChI=1S/C9H12N2O3/c1-6-7(5-10)3-8(14-2)4-9(6)11(12)13/h3-4H,5,10H2,1-2H3. The van der Waals surface area contributed by atoms with E-state index >= 15 is 0 Å². The van der Waals surface area contributed by atoms with E-state index in [-0.39, 0.29) is 12.2 Å². The molecule has 0 bridgehead atoms. The number of nitro groups is 1. The van der Waals surface area contributed by atoms with Gasteiger partial charge in [0, 0.05) is 12.1 Å². The van der Waals surface area contributed by atoms with Gasteiger partial charge < -0.3 is 10.5 Å². The molecule has 0 aromatic heterocycles. The molecule has 0 fully saturated rings. The lowest BCUT2D eigenvalue weighted by Crippen LogP contribution is -2.03. The molecule has 5 nitrogen and oxygen atoms in total. The fourth-order valence-electron chi connectivity index (χ4n) is 1.25. The lowest BCUT2D eigenvalue weighted by atomic mass is 10.1. The number of benzene rings is 1. The summed E-state index contributed by atoms with van der Waals surface area (Å²) >= 11 is 0. The van der Waals surface area contributed by atoms with Crippen molar-refractivity contribution in [3.63, 3.8) is 0 Å². The van der Waals surface area contributed by atoms with Gasteiger partial charge in [-0.05, 0) is 18.6 Å². The van der Waals surface area contributed by atoms with Crippen LogP contribution in [-0.2, 0) is 6.54 Å². The van der Waals surface area contributed by atoms with Crippen molar-refractivity contribution in [2.24, 2.45) is 5.73 Å². The molecule has 0 atom stereocenters. The Morgan fingerprint density at radius 3 is 2.64 bits per heavy atom. The quantitative estimate of drug-likeness (QED) is 0.585. The Morgan fingerprint density at radius 2 is 2.21 bits per heavy atom. The van der Waals surface area contributed by atoms with Crippen molar-refractivity contribution >= 4 is 5.69 Å². The van der Waals surface area contributed by atoms with Gasteiger partial charge in [-0.3, -0.25) is 10.1 Å². The first-order valence-corrected chi connectivity index (χ1v) is 4.12. The fraction of sp³-hybridized carbons (Fsp3) is 0.333. The second kappa shape index (κ2) is 4.06. The molecule has 0 radical (unpaired) electrons. The second-order valence-corrected chi connectivity index (χ2v) is 2.89. The molecule has 14 heavy (non-hydrogen) atoms. The molecule has 1 aromatic carbocycles. The van der Waals surface area contributed by atoms with Crippen LogP contribution in [0.5, 0.6) is 5.75 Å². The zero-order valence-corrected chi connectivity index (χ0v) is 8.11. The number of nitrogens with two attached hydrogens (primary N) is 1. The highest BCUT2D eigenvalue weighted by atomic mass is 16.6. The molecule has 0 saturated heterocycles. The number of methoxy groups -OCH3 is 1. The van der Waals surface area contributed by atoms with Gasteiger partial charge in [0.2, 0.25) is 0 Å². The summed E-state index contributed by atoms with van der Waals surface area (Å²) in [5.41, 5.74) is 6.84.